The number of hydrogen-bond acceptors (Lipinski definition) is 9. The van der Waals surface area contributed by atoms with Crippen LogP contribution in [0.15, 0.2) is 48.5 Å². The van der Waals surface area contributed by atoms with Gasteiger partial charge in [-0.2, -0.15) is 0 Å². The number of rotatable bonds is 9. The Hall–Kier alpha value is -5.47. The molecule has 3 aliphatic heterocycles. The van der Waals surface area contributed by atoms with Crippen LogP contribution in [0.2, 0.25) is 0 Å². The Morgan fingerprint density at radius 3 is 2.40 bits per heavy atom. The Balaban J connectivity index is 1.32. The van der Waals surface area contributed by atoms with Crippen molar-refractivity contribution < 1.29 is 33.4 Å². The Morgan fingerprint density at radius 2 is 1.70 bits per heavy atom. The molecule has 1 aromatic heterocycles. The Morgan fingerprint density at radius 1 is 0.947 bits per heavy atom. The third-order valence-electron chi connectivity index (χ3n) is 10.7. The maximum Gasteiger partial charge on any atom is 0.289 e. The van der Waals surface area contributed by atoms with Crippen molar-refractivity contribution in [2.75, 3.05) is 26.8 Å². The van der Waals surface area contributed by atoms with E-state index >= 15 is 0 Å². The van der Waals surface area contributed by atoms with E-state index in [4.69, 9.17) is 9.47 Å². The third kappa shape index (κ3) is 11.5. The smallest absolute Gasteiger partial charge is 0.289 e. The van der Waals surface area contributed by atoms with Gasteiger partial charge in [-0.1, -0.05) is 44.5 Å². The molecular weight excluding hydrogens is 729 g/mol. The number of carbonyl (C=O) groups excluding carboxylic acids is 5. The van der Waals surface area contributed by atoms with Crippen molar-refractivity contribution in [1.29, 1.82) is 0 Å². The van der Waals surface area contributed by atoms with Gasteiger partial charge in [-0.15, -0.1) is 10.2 Å². The molecule has 0 radical (unpaired) electrons. The van der Waals surface area contributed by atoms with Crippen LogP contribution in [-0.4, -0.2) is 100 Å². The van der Waals surface area contributed by atoms with E-state index < -0.39 is 41.8 Å². The highest BCUT2D eigenvalue weighted by molar-refractivity contribution is 5.97. The number of hydrogen-bond donors (Lipinski definition) is 4. The summed E-state index contributed by atoms with van der Waals surface area (Å²) in [6.07, 6.45) is 6.32. The van der Waals surface area contributed by atoms with E-state index in [0.717, 1.165) is 49.1 Å². The number of fused-ring (bicyclic) bond motifs is 18. The van der Waals surface area contributed by atoms with Crippen LogP contribution in [0.1, 0.15) is 86.9 Å². The monoisotopic (exact) mass is 784 g/mol. The maximum absolute atomic E-state index is 14.4. The minimum atomic E-state index is -1.14. The van der Waals surface area contributed by atoms with E-state index in [2.05, 4.69) is 45.3 Å². The molecule has 4 atom stereocenters. The molecule has 2 aromatic carbocycles. The van der Waals surface area contributed by atoms with Crippen LogP contribution in [0.5, 0.6) is 11.5 Å². The number of carbonyl (C=O) groups is 5. The molecule has 1 aliphatic carbocycles. The van der Waals surface area contributed by atoms with Crippen LogP contribution < -0.4 is 30.7 Å². The average molecular weight is 785 g/mol. The SMILES string of the molecule is COc1ccc(C[C@@H]2NC(=O)[C@@H](NC(=O)c3nnc4n3CCCCC4)Cc3ccc(cc3)OC[C@H](CC(C)C)NC(=O)CN(CC3CC3)C(=O)[C@@H](C)NC2=O)cc1. The molecule has 306 valence electrons. The molecule has 4 heterocycles. The Labute approximate surface area is 334 Å². The zero-order chi connectivity index (χ0) is 40.5. The van der Waals surface area contributed by atoms with Gasteiger partial charge in [0.15, 0.2) is 0 Å². The van der Waals surface area contributed by atoms with Crippen LogP contribution in [-0.2, 0) is 45.0 Å². The first-order valence-electron chi connectivity index (χ1n) is 20.2. The molecule has 4 aliphatic rings. The number of methoxy groups -OCH3 is 1. The van der Waals surface area contributed by atoms with Gasteiger partial charge in [0.25, 0.3) is 5.91 Å². The average Bonchev–Trinajstić information content (AvgIpc) is 3.97. The molecule has 5 amide bonds. The molecule has 1 saturated carbocycles. The highest BCUT2D eigenvalue weighted by Gasteiger charge is 2.34. The van der Waals surface area contributed by atoms with Gasteiger partial charge < -0.3 is 40.2 Å². The van der Waals surface area contributed by atoms with Crippen molar-refractivity contribution in [3.8, 4) is 11.5 Å². The third-order valence-corrected chi connectivity index (χ3v) is 10.7. The molecule has 0 unspecified atom stereocenters. The summed E-state index contributed by atoms with van der Waals surface area (Å²) in [5.41, 5.74) is 1.46. The summed E-state index contributed by atoms with van der Waals surface area (Å²) in [6, 6.07) is 10.8. The van der Waals surface area contributed by atoms with Gasteiger partial charge in [0.05, 0.1) is 19.7 Å². The molecule has 7 rings (SSSR count). The molecule has 2 bridgehead atoms. The number of ether oxygens (including phenoxy) is 2. The van der Waals surface area contributed by atoms with Gasteiger partial charge in [0.1, 0.15) is 42.1 Å². The molecule has 57 heavy (non-hydrogen) atoms. The lowest BCUT2D eigenvalue weighted by molar-refractivity contribution is -0.140. The first-order valence-corrected chi connectivity index (χ1v) is 20.2. The topological polar surface area (TPSA) is 186 Å². The lowest BCUT2D eigenvalue weighted by Crippen LogP contribution is -2.58. The Kier molecular flexibility index (Phi) is 13.8. The predicted octanol–water partition coefficient (Wildman–Crippen LogP) is 2.75. The number of aryl methyl sites for hydroxylation is 1. The van der Waals surface area contributed by atoms with Crippen molar-refractivity contribution >= 4 is 29.5 Å². The zero-order valence-corrected chi connectivity index (χ0v) is 33.4. The fourth-order valence-electron chi connectivity index (χ4n) is 7.40. The number of amides is 5. The van der Waals surface area contributed by atoms with Gasteiger partial charge in [-0.3, -0.25) is 24.0 Å². The highest BCUT2D eigenvalue weighted by Crippen LogP contribution is 2.30. The van der Waals surface area contributed by atoms with Gasteiger partial charge in [0.2, 0.25) is 29.5 Å². The summed E-state index contributed by atoms with van der Waals surface area (Å²) in [7, 11) is 1.56. The standard InChI is InChI=1S/C42H56N8O7/c1-26(2)20-31-25-57-33-17-13-29(14-18-33)22-35(46-41(54)38-48-47-36-8-6-5-7-19-50(36)38)40(53)45-34(21-28-11-15-32(56-4)16-12-28)39(52)43-27(3)42(55)49(23-30-9-10-30)24-37(51)44-31/h11-18,26-27,30-31,34-35H,5-10,19-25H2,1-4H3,(H,43,52)(H,44,51)(H,45,53)(H,46,54)/t27-,31+,34+,35+/m1/s1. The first-order chi connectivity index (χ1) is 27.4. The lowest BCUT2D eigenvalue weighted by Gasteiger charge is -2.29. The molecule has 15 nitrogen and oxygen atoms in total. The molecule has 0 saturated heterocycles. The van der Waals surface area contributed by atoms with Crippen LogP contribution >= 0.6 is 0 Å². The zero-order valence-electron chi connectivity index (χ0n) is 33.4. The molecule has 15 heteroatoms. The van der Waals surface area contributed by atoms with Crippen molar-refractivity contribution in [3.63, 3.8) is 0 Å². The van der Waals surface area contributed by atoms with E-state index in [0.29, 0.717) is 37.4 Å². The maximum atomic E-state index is 14.4. The van der Waals surface area contributed by atoms with E-state index in [-0.39, 0.29) is 55.6 Å². The van der Waals surface area contributed by atoms with E-state index in [1.54, 1.807) is 50.4 Å². The predicted molar refractivity (Wildman–Crippen MR) is 211 cm³/mol. The Bertz CT molecular complexity index is 1880. The second kappa shape index (κ2) is 19.1. The van der Waals surface area contributed by atoms with Crippen molar-refractivity contribution in [2.24, 2.45) is 11.8 Å². The van der Waals surface area contributed by atoms with E-state index in [1.807, 2.05) is 16.7 Å². The number of benzene rings is 2. The summed E-state index contributed by atoms with van der Waals surface area (Å²) in [5, 5.41) is 20.2. The number of nitrogens with one attached hydrogen (secondary N) is 4. The molecule has 4 N–H and O–H groups in total. The van der Waals surface area contributed by atoms with Crippen LogP contribution in [0, 0.1) is 11.8 Å². The van der Waals surface area contributed by atoms with Crippen molar-refractivity contribution in [2.45, 2.75) is 109 Å². The van der Waals surface area contributed by atoms with E-state index in [9.17, 15) is 24.0 Å². The minimum Gasteiger partial charge on any atom is -0.497 e. The van der Waals surface area contributed by atoms with Crippen molar-refractivity contribution in [1.82, 2.24) is 40.9 Å². The summed E-state index contributed by atoms with van der Waals surface area (Å²) < 4.78 is 13.3. The van der Waals surface area contributed by atoms with Gasteiger partial charge in [0, 0.05) is 32.4 Å². The summed E-state index contributed by atoms with van der Waals surface area (Å²) in [4.78, 5) is 71.3. The highest BCUT2D eigenvalue weighted by atomic mass is 16.5. The van der Waals surface area contributed by atoms with Crippen molar-refractivity contribution in [3.05, 3.63) is 71.3 Å². The molecular formula is C42H56N8O7. The summed E-state index contributed by atoms with van der Waals surface area (Å²) in [6.45, 7) is 6.76. The number of aromatic nitrogens is 3. The summed E-state index contributed by atoms with van der Waals surface area (Å²) >= 11 is 0. The van der Waals surface area contributed by atoms with Crippen LogP contribution in [0.25, 0.3) is 0 Å². The second-order valence-electron chi connectivity index (χ2n) is 16.0. The fourth-order valence-corrected chi connectivity index (χ4v) is 7.40. The molecule has 1 fully saturated rings. The second-order valence-corrected chi connectivity index (χ2v) is 16.0. The van der Waals surface area contributed by atoms with E-state index in [1.165, 1.54) is 4.90 Å². The molecule has 0 spiro atoms. The summed E-state index contributed by atoms with van der Waals surface area (Å²) in [5.74, 6) is 0.193. The molecule has 3 aromatic rings. The first kappa shape index (κ1) is 41.2. The van der Waals surface area contributed by atoms with Crippen LogP contribution in [0.3, 0.4) is 0 Å². The van der Waals surface area contributed by atoms with Gasteiger partial charge in [-0.25, -0.2) is 0 Å². The lowest BCUT2D eigenvalue weighted by atomic mass is 10.0. The van der Waals surface area contributed by atoms with Crippen LogP contribution in [0.4, 0.5) is 0 Å². The minimum absolute atomic E-state index is 0.0816. The van der Waals surface area contributed by atoms with Gasteiger partial charge in [-0.05, 0) is 86.3 Å². The number of nitrogens with zero attached hydrogens (tertiary/aromatic N) is 4. The normalized spacial score (nSPS) is 22.7. The fraction of sp³-hybridized carbons (Fsp3) is 0.548. The quantitative estimate of drug-likeness (QED) is 0.237. The largest absolute Gasteiger partial charge is 0.497 e. The van der Waals surface area contributed by atoms with Gasteiger partial charge >= 0.3 is 0 Å².